The quantitative estimate of drug-likeness (QED) is 0.705. The van der Waals surface area contributed by atoms with Gasteiger partial charge in [-0.25, -0.2) is 4.79 Å². The number of carbonyl (C=O) groups is 3. The van der Waals surface area contributed by atoms with Gasteiger partial charge < -0.3 is 15.4 Å². The van der Waals surface area contributed by atoms with Gasteiger partial charge in [0.05, 0.1) is 5.92 Å². The second-order valence-corrected chi connectivity index (χ2v) is 7.68. The summed E-state index contributed by atoms with van der Waals surface area (Å²) in [5.74, 6) is -1.46. The number of ether oxygens (including phenoxy) is 1. The van der Waals surface area contributed by atoms with Crippen LogP contribution in [0.15, 0.2) is 54.6 Å². The van der Waals surface area contributed by atoms with Crippen molar-refractivity contribution in [2.24, 2.45) is 5.92 Å². The highest BCUT2D eigenvalue weighted by atomic mass is 16.5. The number of para-hydroxylation sites is 1. The monoisotopic (exact) mass is 394 g/mol. The Kier molecular flexibility index (Phi) is 6.65. The predicted octanol–water partition coefficient (Wildman–Crippen LogP) is 3.39. The molecule has 0 saturated carbocycles. The van der Waals surface area contributed by atoms with E-state index in [1.54, 1.807) is 6.07 Å². The number of carbonyl (C=O) groups excluding carboxylic acids is 3. The first kappa shape index (κ1) is 20.6. The van der Waals surface area contributed by atoms with E-state index in [1.165, 1.54) is 0 Å². The SMILES string of the molecule is CC(C)C[C@H](NC(=O)C1CC(=O)Nc2ccccc21)C(=O)OCc1ccccc1. The largest absolute Gasteiger partial charge is 0.459 e. The van der Waals surface area contributed by atoms with Crippen molar-refractivity contribution < 1.29 is 19.1 Å². The van der Waals surface area contributed by atoms with Crippen molar-refractivity contribution in [1.29, 1.82) is 0 Å². The van der Waals surface area contributed by atoms with E-state index < -0.39 is 17.9 Å². The molecule has 1 unspecified atom stereocenters. The molecule has 0 aliphatic carbocycles. The standard InChI is InChI=1S/C23H26N2O4/c1-15(2)12-20(23(28)29-14-16-8-4-3-5-9-16)25-22(27)18-13-21(26)24-19-11-7-6-10-17(18)19/h3-11,15,18,20H,12-14H2,1-2H3,(H,24,26)(H,25,27)/t18?,20-/m0/s1. The molecule has 1 heterocycles. The van der Waals surface area contributed by atoms with Gasteiger partial charge in [-0.3, -0.25) is 9.59 Å². The molecule has 6 heteroatoms. The zero-order valence-corrected chi connectivity index (χ0v) is 16.7. The first-order valence-electron chi connectivity index (χ1n) is 9.83. The molecule has 2 atom stereocenters. The molecule has 0 aromatic heterocycles. The highest BCUT2D eigenvalue weighted by Gasteiger charge is 2.33. The summed E-state index contributed by atoms with van der Waals surface area (Å²) < 4.78 is 5.44. The minimum atomic E-state index is -0.761. The lowest BCUT2D eigenvalue weighted by Crippen LogP contribution is -2.45. The normalized spacial score (nSPS) is 16.5. The van der Waals surface area contributed by atoms with Gasteiger partial charge in [-0.05, 0) is 29.5 Å². The van der Waals surface area contributed by atoms with Crippen molar-refractivity contribution in [3.8, 4) is 0 Å². The summed E-state index contributed by atoms with van der Waals surface area (Å²) in [4.78, 5) is 37.7. The van der Waals surface area contributed by atoms with Gasteiger partial charge in [0, 0.05) is 12.1 Å². The van der Waals surface area contributed by atoms with Gasteiger partial charge in [-0.2, -0.15) is 0 Å². The number of anilines is 1. The summed E-state index contributed by atoms with van der Waals surface area (Å²) >= 11 is 0. The Morgan fingerprint density at radius 2 is 1.79 bits per heavy atom. The molecule has 0 fully saturated rings. The molecular formula is C23H26N2O4. The van der Waals surface area contributed by atoms with Crippen molar-refractivity contribution in [2.75, 3.05) is 5.32 Å². The summed E-state index contributed by atoms with van der Waals surface area (Å²) in [6.45, 7) is 4.11. The molecule has 1 aliphatic heterocycles. The lowest BCUT2D eigenvalue weighted by Gasteiger charge is -2.27. The molecule has 0 bridgehead atoms. The summed E-state index contributed by atoms with van der Waals surface area (Å²) in [7, 11) is 0. The topological polar surface area (TPSA) is 84.5 Å². The molecular weight excluding hydrogens is 368 g/mol. The number of fused-ring (bicyclic) bond motifs is 1. The van der Waals surface area contributed by atoms with Gasteiger partial charge in [0.15, 0.2) is 0 Å². The Morgan fingerprint density at radius 1 is 1.10 bits per heavy atom. The third-order valence-corrected chi connectivity index (χ3v) is 4.85. The van der Waals surface area contributed by atoms with Crippen LogP contribution in [0.1, 0.15) is 43.7 Å². The fourth-order valence-corrected chi connectivity index (χ4v) is 3.43. The van der Waals surface area contributed by atoms with Gasteiger partial charge in [-0.15, -0.1) is 0 Å². The second-order valence-electron chi connectivity index (χ2n) is 7.68. The van der Waals surface area contributed by atoms with Crippen LogP contribution in [0.2, 0.25) is 0 Å². The maximum absolute atomic E-state index is 13.0. The molecule has 29 heavy (non-hydrogen) atoms. The number of esters is 1. The van der Waals surface area contributed by atoms with E-state index in [0.29, 0.717) is 12.1 Å². The van der Waals surface area contributed by atoms with Gasteiger partial charge in [-0.1, -0.05) is 62.4 Å². The fraction of sp³-hybridized carbons (Fsp3) is 0.348. The minimum Gasteiger partial charge on any atom is -0.459 e. The van der Waals surface area contributed by atoms with Crippen molar-refractivity contribution in [2.45, 2.75) is 45.3 Å². The molecule has 152 valence electrons. The fourth-order valence-electron chi connectivity index (χ4n) is 3.43. The Bertz CT molecular complexity index is 879. The molecule has 6 nitrogen and oxygen atoms in total. The highest BCUT2D eigenvalue weighted by Crippen LogP contribution is 2.32. The number of amides is 2. The average molecular weight is 394 g/mol. The maximum Gasteiger partial charge on any atom is 0.328 e. The number of nitrogens with one attached hydrogen (secondary N) is 2. The average Bonchev–Trinajstić information content (AvgIpc) is 2.71. The zero-order chi connectivity index (χ0) is 20.8. The van der Waals surface area contributed by atoms with E-state index >= 15 is 0 Å². The van der Waals surface area contributed by atoms with Crippen molar-refractivity contribution in [3.05, 3.63) is 65.7 Å². The predicted molar refractivity (Wildman–Crippen MR) is 110 cm³/mol. The molecule has 2 aromatic carbocycles. The third-order valence-electron chi connectivity index (χ3n) is 4.85. The molecule has 2 amide bonds. The van der Waals surface area contributed by atoms with Crippen LogP contribution in [0.5, 0.6) is 0 Å². The van der Waals surface area contributed by atoms with Crippen molar-refractivity contribution >= 4 is 23.5 Å². The molecule has 0 radical (unpaired) electrons. The molecule has 2 N–H and O–H groups in total. The number of hydrogen-bond acceptors (Lipinski definition) is 4. The Hall–Kier alpha value is -3.15. The van der Waals surface area contributed by atoms with Crippen LogP contribution >= 0.6 is 0 Å². The van der Waals surface area contributed by atoms with Crippen LogP contribution in [0.25, 0.3) is 0 Å². The van der Waals surface area contributed by atoms with E-state index in [1.807, 2.05) is 62.4 Å². The first-order valence-corrected chi connectivity index (χ1v) is 9.83. The summed E-state index contributed by atoms with van der Waals surface area (Å²) in [6, 6.07) is 15.9. The lowest BCUT2D eigenvalue weighted by molar-refractivity contribution is -0.149. The lowest BCUT2D eigenvalue weighted by atomic mass is 9.89. The van der Waals surface area contributed by atoms with Gasteiger partial charge in [0.2, 0.25) is 11.8 Å². The number of rotatable bonds is 7. The van der Waals surface area contributed by atoms with Crippen LogP contribution in [0, 0.1) is 5.92 Å². The number of benzene rings is 2. The van der Waals surface area contributed by atoms with Crippen LogP contribution in [-0.4, -0.2) is 23.8 Å². The molecule has 1 aliphatic rings. The van der Waals surface area contributed by atoms with Gasteiger partial charge in [0.1, 0.15) is 12.6 Å². The van der Waals surface area contributed by atoms with Crippen LogP contribution < -0.4 is 10.6 Å². The van der Waals surface area contributed by atoms with E-state index in [-0.39, 0.29) is 30.8 Å². The number of hydrogen-bond donors (Lipinski definition) is 2. The maximum atomic E-state index is 13.0. The van der Waals surface area contributed by atoms with E-state index in [2.05, 4.69) is 10.6 Å². The van der Waals surface area contributed by atoms with E-state index in [9.17, 15) is 14.4 Å². The van der Waals surface area contributed by atoms with E-state index in [4.69, 9.17) is 4.74 Å². The van der Waals surface area contributed by atoms with Crippen molar-refractivity contribution in [1.82, 2.24) is 5.32 Å². The summed E-state index contributed by atoms with van der Waals surface area (Å²) in [6.07, 6.45) is 0.510. The van der Waals surface area contributed by atoms with Gasteiger partial charge in [0.25, 0.3) is 0 Å². The van der Waals surface area contributed by atoms with Gasteiger partial charge >= 0.3 is 5.97 Å². The summed E-state index contributed by atoms with van der Waals surface area (Å²) in [5, 5.41) is 5.60. The first-order chi connectivity index (χ1) is 13.9. The summed E-state index contributed by atoms with van der Waals surface area (Å²) in [5.41, 5.74) is 2.27. The Balaban J connectivity index is 1.70. The minimum absolute atomic E-state index is 0.0519. The molecule has 3 rings (SSSR count). The van der Waals surface area contributed by atoms with Crippen LogP contribution in [0.3, 0.4) is 0 Å². The zero-order valence-electron chi connectivity index (χ0n) is 16.7. The second kappa shape index (κ2) is 9.37. The van der Waals surface area contributed by atoms with Crippen molar-refractivity contribution in [3.63, 3.8) is 0 Å². The molecule has 2 aromatic rings. The highest BCUT2D eigenvalue weighted by molar-refractivity contribution is 6.01. The molecule has 0 spiro atoms. The smallest absolute Gasteiger partial charge is 0.328 e. The van der Waals surface area contributed by atoms with Crippen LogP contribution in [0.4, 0.5) is 5.69 Å². The third kappa shape index (κ3) is 5.44. The van der Waals surface area contributed by atoms with Crippen LogP contribution in [-0.2, 0) is 25.7 Å². The Labute approximate surface area is 170 Å². The van der Waals surface area contributed by atoms with E-state index in [0.717, 1.165) is 11.1 Å². The molecule has 0 saturated heterocycles. The Morgan fingerprint density at radius 3 is 2.52 bits per heavy atom.